The highest BCUT2D eigenvalue weighted by molar-refractivity contribution is 6.74. The molecule has 1 N–H and O–H groups in total. The molecule has 6 rings (SSSR count). The maximum absolute atomic E-state index is 12.9. The van der Waals surface area contributed by atoms with Gasteiger partial charge in [0.05, 0.1) is 54.1 Å². The van der Waals surface area contributed by atoms with E-state index in [9.17, 15) is 4.79 Å². The molecule has 2 aliphatic heterocycles. The summed E-state index contributed by atoms with van der Waals surface area (Å²) < 4.78 is 31.0. The number of nitrogens with zero attached hydrogens (tertiary/aromatic N) is 7. The van der Waals surface area contributed by atoms with Crippen LogP contribution in [-0.2, 0) is 40.6 Å². The lowest BCUT2D eigenvalue weighted by atomic mass is 10.0. The van der Waals surface area contributed by atoms with E-state index in [0.717, 1.165) is 63.9 Å². The van der Waals surface area contributed by atoms with Crippen LogP contribution in [0.3, 0.4) is 0 Å². The number of benzene rings is 1. The number of rotatable bonds is 7. The maximum atomic E-state index is 12.9. The molecule has 1 amide bonds. The van der Waals surface area contributed by atoms with E-state index < -0.39 is 20.0 Å². The van der Waals surface area contributed by atoms with Crippen molar-refractivity contribution >= 4 is 37.5 Å². The van der Waals surface area contributed by atoms with Crippen molar-refractivity contribution in [1.82, 2.24) is 39.6 Å². The molecular weight excluding hydrogens is 701 g/mol. The zero-order chi connectivity index (χ0) is 39.0. The number of aromatic nitrogens is 6. The van der Waals surface area contributed by atoms with Crippen molar-refractivity contribution in [2.24, 2.45) is 7.05 Å². The van der Waals surface area contributed by atoms with Crippen LogP contribution < -0.4 is 10.1 Å². The molecule has 0 spiro atoms. The number of ether oxygens (including phenoxy) is 3. The van der Waals surface area contributed by atoms with Gasteiger partial charge in [0, 0.05) is 37.7 Å². The van der Waals surface area contributed by atoms with Crippen LogP contribution in [0.1, 0.15) is 96.6 Å². The van der Waals surface area contributed by atoms with Gasteiger partial charge in [-0.1, -0.05) is 26.8 Å². The molecular formula is C40H60N8O5Si. The zero-order valence-electron chi connectivity index (χ0n) is 34.2. The normalized spacial score (nSPS) is 19.5. The lowest BCUT2D eigenvalue weighted by Crippen LogP contribution is -2.41. The van der Waals surface area contributed by atoms with E-state index in [1.807, 2.05) is 43.4 Å². The van der Waals surface area contributed by atoms with Crippen LogP contribution in [0, 0.1) is 0 Å². The molecule has 4 aromatic rings. The molecule has 54 heavy (non-hydrogen) atoms. The third-order valence-corrected chi connectivity index (χ3v) is 15.2. The Bertz CT molecular complexity index is 1980. The molecule has 1 fully saturated rings. The van der Waals surface area contributed by atoms with Crippen LogP contribution in [0.4, 0.5) is 4.79 Å². The minimum atomic E-state index is -2.00. The highest BCUT2D eigenvalue weighted by Gasteiger charge is 2.37. The van der Waals surface area contributed by atoms with Crippen LogP contribution in [0.5, 0.6) is 5.88 Å². The molecule has 2 atom stereocenters. The Morgan fingerprint density at radius 1 is 1.07 bits per heavy atom. The van der Waals surface area contributed by atoms with Gasteiger partial charge in [-0.15, -0.1) is 0 Å². The topological polar surface area (TPSA) is 123 Å². The third kappa shape index (κ3) is 8.93. The Morgan fingerprint density at radius 3 is 2.56 bits per heavy atom. The van der Waals surface area contributed by atoms with Crippen LogP contribution in [0.2, 0.25) is 18.1 Å². The van der Waals surface area contributed by atoms with Gasteiger partial charge in [-0.2, -0.15) is 15.3 Å². The Balaban J connectivity index is 1.48. The summed E-state index contributed by atoms with van der Waals surface area (Å²) in [5.74, 6) is 0.717. The zero-order valence-corrected chi connectivity index (χ0v) is 35.2. The summed E-state index contributed by atoms with van der Waals surface area (Å²) in [6.45, 7) is 22.2. The first-order chi connectivity index (χ1) is 25.4. The number of fused-ring (bicyclic) bond motifs is 4. The first-order valence-corrected chi connectivity index (χ1v) is 22.2. The number of nitrogens with one attached hydrogen (secondary N) is 1. The van der Waals surface area contributed by atoms with Crippen LogP contribution in [0.25, 0.3) is 34.2 Å². The van der Waals surface area contributed by atoms with Crippen LogP contribution in [-0.4, -0.2) is 87.2 Å². The second-order valence-electron chi connectivity index (χ2n) is 17.3. The van der Waals surface area contributed by atoms with E-state index in [1.54, 1.807) is 4.68 Å². The van der Waals surface area contributed by atoms with Crippen molar-refractivity contribution in [1.29, 1.82) is 0 Å². The molecule has 14 heteroatoms. The molecule has 3 aromatic heterocycles. The Hall–Kier alpha value is -3.98. The monoisotopic (exact) mass is 760 g/mol. The lowest BCUT2D eigenvalue weighted by Gasteiger charge is -2.36. The quantitative estimate of drug-likeness (QED) is 0.188. The van der Waals surface area contributed by atoms with Crippen LogP contribution >= 0.6 is 0 Å². The molecule has 13 nitrogen and oxygen atoms in total. The SMILES string of the molecule is C[C@H]1CN(C)Cc2c(c(CNC(=O)OC(C)(C)C)nn2CCO[Si](C)(C)C(C)(C)C)/C=C\c2nn(C3CCCCO3)c3ccc(cc23)-c2cnn(C)c2O1. The number of amides is 1. The molecule has 0 aliphatic carbocycles. The third-order valence-electron chi connectivity index (χ3n) is 10.6. The van der Waals surface area contributed by atoms with Crippen molar-refractivity contribution in [3.8, 4) is 17.0 Å². The fourth-order valence-electron chi connectivity index (χ4n) is 6.82. The minimum Gasteiger partial charge on any atom is -0.473 e. The number of likely N-dealkylation sites (N-methyl/N-ethyl adjacent to an activating group) is 1. The highest BCUT2D eigenvalue weighted by Crippen LogP contribution is 2.38. The van der Waals surface area contributed by atoms with E-state index in [-0.39, 0.29) is 23.9 Å². The van der Waals surface area contributed by atoms with E-state index in [0.29, 0.717) is 38.7 Å². The molecule has 0 radical (unpaired) electrons. The lowest BCUT2D eigenvalue weighted by molar-refractivity contribution is -0.0367. The molecule has 2 aliphatic rings. The molecule has 5 heterocycles. The number of aryl methyl sites for hydroxylation is 1. The van der Waals surface area contributed by atoms with Gasteiger partial charge in [0.1, 0.15) is 11.7 Å². The fraction of sp³-hybridized carbons (Fsp3) is 0.600. The van der Waals surface area contributed by atoms with Gasteiger partial charge < -0.3 is 24.0 Å². The molecule has 2 bridgehead atoms. The summed E-state index contributed by atoms with van der Waals surface area (Å²) >= 11 is 0. The van der Waals surface area contributed by atoms with Crippen molar-refractivity contribution in [3.63, 3.8) is 0 Å². The van der Waals surface area contributed by atoms with E-state index in [2.05, 4.69) is 93.5 Å². The summed E-state index contributed by atoms with van der Waals surface area (Å²) in [6.07, 6.45) is 8.31. The average Bonchev–Trinajstić information content (AvgIpc) is 3.73. The number of carbonyl (C=O) groups excluding carboxylic acids is 1. The average molecular weight is 761 g/mol. The number of carbonyl (C=O) groups is 1. The van der Waals surface area contributed by atoms with E-state index >= 15 is 0 Å². The van der Waals surface area contributed by atoms with Crippen LogP contribution in [0.15, 0.2) is 24.4 Å². The molecule has 1 unspecified atom stereocenters. The van der Waals surface area contributed by atoms with Gasteiger partial charge in [0.25, 0.3) is 0 Å². The summed E-state index contributed by atoms with van der Waals surface area (Å²) in [5.41, 5.74) is 5.79. The molecule has 1 saturated heterocycles. The molecule has 294 valence electrons. The fourth-order valence-corrected chi connectivity index (χ4v) is 7.85. The van der Waals surface area contributed by atoms with Crippen molar-refractivity contribution in [2.75, 3.05) is 26.8 Å². The summed E-state index contributed by atoms with van der Waals surface area (Å²) in [6, 6.07) is 6.42. The summed E-state index contributed by atoms with van der Waals surface area (Å²) in [7, 11) is 2.01. The standard InChI is InChI=1S/C40H60N8O5Si/c1-27-25-45(8)26-35-29(33(24-41-38(49)53-39(2,3)4)43-47(35)19-21-51-54(10,11)40(5,6)7)16-17-32-30-22-28(31-23-42-46(9)37(31)52-27)15-18-34(30)48(44-32)36-14-12-13-20-50-36/h15-18,22-23,27,36H,12-14,19-21,24-26H2,1-11H3,(H,41,49)/b17-16-/t27-,36?/m0/s1. The van der Waals surface area contributed by atoms with Crippen molar-refractivity contribution < 1.29 is 23.4 Å². The van der Waals surface area contributed by atoms with Gasteiger partial charge in [0.2, 0.25) is 5.88 Å². The Morgan fingerprint density at radius 2 is 1.85 bits per heavy atom. The number of hydrogen-bond acceptors (Lipinski definition) is 9. The van der Waals surface area contributed by atoms with Gasteiger partial charge in [0.15, 0.2) is 14.5 Å². The summed E-state index contributed by atoms with van der Waals surface area (Å²) in [5, 5.41) is 19.0. The Labute approximate surface area is 321 Å². The first-order valence-electron chi connectivity index (χ1n) is 19.3. The maximum Gasteiger partial charge on any atom is 0.407 e. The van der Waals surface area contributed by atoms with Gasteiger partial charge >= 0.3 is 6.09 Å². The molecule has 1 aromatic carbocycles. The highest BCUT2D eigenvalue weighted by atomic mass is 28.4. The van der Waals surface area contributed by atoms with E-state index in [1.165, 1.54) is 0 Å². The molecule has 0 saturated carbocycles. The van der Waals surface area contributed by atoms with Crippen molar-refractivity contribution in [3.05, 3.63) is 47.0 Å². The second kappa shape index (κ2) is 15.6. The predicted octanol–water partition coefficient (Wildman–Crippen LogP) is 7.76. The number of alkyl carbamates (subject to hydrolysis) is 1. The van der Waals surface area contributed by atoms with Gasteiger partial charge in [-0.25, -0.2) is 14.2 Å². The predicted molar refractivity (Wildman–Crippen MR) is 215 cm³/mol. The Kier molecular flexibility index (Phi) is 11.5. The second-order valence-corrected chi connectivity index (χ2v) is 22.1. The van der Waals surface area contributed by atoms with Gasteiger partial charge in [-0.3, -0.25) is 9.58 Å². The van der Waals surface area contributed by atoms with Gasteiger partial charge in [-0.05, 0) is 102 Å². The first kappa shape index (κ1) is 39.7. The largest absolute Gasteiger partial charge is 0.473 e. The number of hydrogen-bond donors (Lipinski definition) is 1. The van der Waals surface area contributed by atoms with E-state index in [4.69, 9.17) is 28.8 Å². The minimum absolute atomic E-state index is 0.0822. The smallest absolute Gasteiger partial charge is 0.407 e. The van der Waals surface area contributed by atoms with Crippen molar-refractivity contribution in [2.45, 2.75) is 123 Å². The summed E-state index contributed by atoms with van der Waals surface area (Å²) in [4.78, 5) is 15.1.